The van der Waals surface area contributed by atoms with E-state index in [0.717, 1.165) is 5.56 Å². The van der Waals surface area contributed by atoms with E-state index in [1.165, 1.54) is 6.42 Å². The highest BCUT2D eigenvalue weighted by molar-refractivity contribution is 5.70. The first-order valence-corrected chi connectivity index (χ1v) is 5.12. The molecule has 0 aliphatic rings. The first-order chi connectivity index (χ1) is 7.78. The van der Waals surface area contributed by atoms with Gasteiger partial charge in [-0.15, -0.1) is 0 Å². The molecule has 0 heterocycles. The molecule has 1 rings (SSSR count). The Morgan fingerprint density at radius 2 is 1.75 bits per heavy atom. The largest absolute Gasteiger partial charge is 0.463 e. The molecule has 0 unspecified atom stereocenters. The molecule has 0 spiro atoms. The second-order valence-electron chi connectivity index (χ2n) is 3.07. The van der Waals surface area contributed by atoms with E-state index in [0.29, 0.717) is 18.6 Å². The van der Waals surface area contributed by atoms with E-state index in [9.17, 15) is 9.59 Å². The Morgan fingerprint density at radius 3 is 2.19 bits per heavy atom. The van der Waals surface area contributed by atoms with Crippen molar-refractivity contribution < 1.29 is 14.3 Å². The molecule has 1 N–H and O–H groups in total. The molecule has 16 heavy (non-hydrogen) atoms. The molecule has 0 saturated heterocycles. The van der Waals surface area contributed by atoms with E-state index < -0.39 is 0 Å². The predicted molar refractivity (Wildman–Crippen MR) is 62.9 cm³/mol. The second kappa shape index (κ2) is 9.71. The molecule has 1 aromatic carbocycles. The number of amides is 1. The molecule has 0 aliphatic heterocycles. The topological polar surface area (TPSA) is 55.4 Å². The molecule has 0 aromatic heterocycles. The lowest BCUT2D eigenvalue weighted by atomic mass is 10.2. The van der Waals surface area contributed by atoms with Crippen LogP contribution in [0.1, 0.15) is 25.8 Å². The zero-order valence-electron chi connectivity index (χ0n) is 9.60. The summed E-state index contributed by atoms with van der Waals surface area (Å²) in [5, 5.41) is 2.50. The van der Waals surface area contributed by atoms with Gasteiger partial charge in [0.1, 0.15) is 6.61 Å². The van der Waals surface area contributed by atoms with E-state index in [1.54, 1.807) is 24.3 Å². The molecule has 88 valence electrons. The number of hydrogen-bond acceptors (Lipinski definition) is 3. The van der Waals surface area contributed by atoms with Gasteiger partial charge in [0.15, 0.2) is 0 Å². The van der Waals surface area contributed by atoms with Crippen LogP contribution in [-0.2, 0) is 20.9 Å². The Labute approximate surface area is 95.6 Å². The number of ether oxygens (including phenoxy) is 1. The summed E-state index contributed by atoms with van der Waals surface area (Å²) < 4.78 is 4.55. The van der Waals surface area contributed by atoms with Gasteiger partial charge in [0, 0.05) is 5.69 Å². The lowest BCUT2D eigenvalue weighted by Gasteiger charge is -2.01. The summed E-state index contributed by atoms with van der Waals surface area (Å²) in [7, 11) is 0. The fourth-order valence-corrected chi connectivity index (χ4v) is 0.895. The summed E-state index contributed by atoms with van der Waals surface area (Å²) in [6.07, 6.45) is 1.86. The number of nitrogens with one attached hydrogen (secondary N) is 1. The van der Waals surface area contributed by atoms with Crippen molar-refractivity contribution in [3.05, 3.63) is 29.8 Å². The van der Waals surface area contributed by atoms with Crippen molar-refractivity contribution in [3.8, 4) is 0 Å². The molecule has 1 aromatic rings. The fraction of sp³-hybridized carbons (Fsp3) is 0.333. The fourth-order valence-electron chi connectivity index (χ4n) is 0.895. The number of carbonyl (C=O) groups is 2. The number of rotatable bonds is 5. The molecule has 0 aliphatic carbocycles. The van der Waals surface area contributed by atoms with Crippen LogP contribution in [0.4, 0.5) is 5.69 Å². The van der Waals surface area contributed by atoms with Crippen LogP contribution < -0.4 is 5.32 Å². The number of anilines is 1. The van der Waals surface area contributed by atoms with Crippen LogP contribution in [0.2, 0.25) is 0 Å². The minimum atomic E-state index is 0.255. The Balaban J connectivity index is 0.000000673. The summed E-state index contributed by atoms with van der Waals surface area (Å²) in [5.74, 6) is 0. The van der Waals surface area contributed by atoms with Gasteiger partial charge < -0.3 is 10.1 Å². The quantitative estimate of drug-likeness (QED) is 0.779. The maximum atomic E-state index is 10.0. The third-order valence-electron chi connectivity index (χ3n) is 1.50. The maximum absolute atomic E-state index is 10.0. The first-order valence-electron chi connectivity index (χ1n) is 5.12. The lowest BCUT2D eigenvalue weighted by molar-refractivity contribution is -0.129. The van der Waals surface area contributed by atoms with E-state index in [-0.39, 0.29) is 6.61 Å². The van der Waals surface area contributed by atoms with Crippen molar-refractivity contribution in [2.45, 2.75) is 26.9 Å². The zero-order chi connectivity index (χ0) is 12.2. The van der Waals surface area contributed by atoms with Crippen LogP contribution in [0.5, 0.6) is 0 Å². The summed E-state index contributed by atoms with van der Waals surface area (Å²) >= 11 is 0. The third-order valence-corrected chi connectivity index (χ3v) is 1.50. The van der Waals surface area contributed by atoms with Gasteiger partial charge >= 0.3 is 0 Å². The van der Waals surface area contributed by atoms with Crippen LogP contribution >= 0.6 is 0 Å². The average Bonchev–Trinajstić information content (AvgIpc) is 2.30. The molecule has 4 heteroatoms. The number of benzene rings is 1. The van der Waals surface area contributed by atoms with Gasteiger partial charge in [0.2, 0.25) is 6.41 Å². The van der Waals surface area contributed by atoms with Crippen molar-refractivity contribution in [1.29, 1.82) is 0 Å². The molecule has 0 saturated carbocycles. The van der Waals surface area contributed by atoms with Crippen molar-refractivity contribution in [1.82, 2.24) is 0 Å². The van der Waals surface area contributed by atoms with Gasteiger partial charge in [0.25, 0.3) is 6.47 Å². The Kier molecular flexibility index (Phi) is 8.59. The SMILES string of the molecule is CCC.O=CNc1ccc(COC=O)cc1. The molecular weight excluding hydrogens is 206 g/mol. The van der Waals surface area contributed by atoms with Crippen molar-refractivity contribution in [2.24, 2.45) is 0 Å². The molecule has 0 atom stereocenters. The van der Waals surface area contributed by atoms with E-state index in [2.05, 4.69) is 23.9 Å². The lowest BCUT2D eigenvalue weighted by Crippen LogP contribution is -1.94. The zero-order valence-corrected chi connectivity index (χ0v) is 9.60. The van der Waals surface area contributed by atoms with Crippen molar-refractivity contribution in [3.63, 3.8) is 0 Å². The van der Waals surface area contributed by atoms with Crippen molar-refractivity contribution in [2.75, 3.05) is 5.32 Å². The standard InChI is InChI=1S/C9H9NO3.C3H8/c11-6-10-9-3-1-8(2-4-9)5-13-7-12;1-3-2/h1-4,6-7H,5H2,(H,10,11);3H2,1-2H3. The molecule has 4 nitrogen and oxygen atoms in total. The van der Waals surface area contributed by atoms with Gasteiger partial charge in [-0.05, 0) is 17.7 Å². The normalized spacial score (nSPS) is 8.38. The second-order valence-corrected chi connectivity index (χ2v) is 3.07. The monoisotopic (exact) mass is 223 g/mol. The van der Waals surface area contributed by atoms with Gasteiger partial charge in [0.05, 0.1) is 0 Å². The molecule has 1 amide bonds. The minimum absolute atomic E-state index is 0.255. The maximum Gasteiger partial charge on any atom is 0.293 e. The summed E-state index contributed by atoms with van der Waals surface area (Å²) in [4.78, 5) is 19.9. The Hall–Kier alpha value is -1.84. The smallest absolute Gasteiger partial charge is 0.293 e. The molecule has 0 radical (unpaired) electrons. The van der Waals surface area contributed by atoms with Gasteiger partial charge in [-0.3, -0.25) is 9.59 Å². The molecule has 0 fully saturated rings. The van der Waals surface area contributed by atoms with Gasteiger partial charge in [-0.1, -0.05) is 32.4 Å². The van der Waals surface area contributed by atoms with Crippen LogP contribution in [0.3, 0.4) is 0 Å². The first kappa shape index (κ1) is 14.2. The number of carbonyl (C=O) groups excluding carboxylic acids is 2. The summed E-state index contributed by atoms with van der Waals surface area (Å²) in [6, 6.07) is 7.01. The summed E-state index contributed by atoms with van der Waals surface area (Å²) in [5.41, 5.74) is 1.59. The number of hydrogen-bond donors (Lipinski definition) is 1. The van der Waals surface area contributed by atoms with E-state index in [1.807, 2.05) is 0 Å². The molecular formula is C12H17NO3. The Bertz CT molecular complexity index is 296. The van der Waals surface area contributed by atoms with Crippen LogP contribution in [-0.4, -0.2) is 12.9 Å². The molecule has 0 bridgehead atoms. The van der Waals surface area contributed by atoms with Crippen molar-refractivity contribution >= 4 is 18.6 Å². The predicted octanol–water partition coefficient (Wildman–Crippen LogP) is 2.34. The van der Waals surface area contributed by atoms with Crippen LogP contribution in [0.15, 0.2) is 24.3 Å². The van der Waals surface area contributed by atoms with Crippen LogP contribution in [0.25, 0.3) is 0 Å². The Morgan fingerprint density at radius 1 is 1.19 bits per heavy atom. The third kappa shape index (κ3) is 6.59. The average molecular weight is 223 g/mol. The van der Waals surface area contributed by atoms with Gasteiger partial charge in [-0.2, -0.15) is 0 Å². The highest BCUT2D eigenvalue weighted by Gasteiger charge is 1.93. The van der Waals surface area contributed by atoms with E-state index >= 15 is 0 Å². The van der Waals surface area contributed by atoms with Gasteiger partial charge in [-0.25, -0.2) is 0 Å². The van der Waals surface area contributed by atoms with Crippen LogP contribution in [0, 0.1) is 0 Å². The highest BCUT2D eigenvalue weighted by atomic mass is 16.5. The highest BCUT2D eigenvalue weighted by Crippen LogP contribution is 2.08. The summed E-state index contributed by atoms with van der Waals surface area (Å²) in [6.45, 7) is 4.91. The van der Waals surface area contributed by atoms with E-state index in [4.69, 9.17) is 0 Å². The minimum Gasteiger partial charge on any atom is -0.463 e.